The van der Waals surface area contributed by atoms with Crippen LogP contribution >= 0.6 is 0 Å². The van der Waals surface area contributed by atoms with E-state index in [0.717, 1.165) is 6.07 Å². The predicted molar refractivity (Wildman–Crippen MR) is 66.9 cm³/mol. The number of para-hydroxylation sites is 1. The summed E-state index contributed by atoms with van der Waals surface area (Å²) in [6, 6.07) is 10.0. The average molecular weight is 255 g/mol. The van der Waals surface area contributed by atoms with Crippen LogP contribution in [0.1, 0.15) is 0 Å². The van der Waals surface area contributed by atoms with E-state index in [1.807, 2.05) is 6.07 Å². The zero-order chi connectivity index (χ0) is 13.2. The van der Waals surface area contributed by atoms with Crippen LogP contribution < -0.4 is 5.56 Å². The Morgan fingerprint density at radius 3 is 2.68 bits per heavy atom. The van der Waals surface area contributed by atoms with Crippen molar-refractivity contribution in [1.82, 2.24) is 25.0 Å². The van der Waals surface area contributed by atoms with Crippen molar-refractivity contribution in [3.63, 3.8) is 0 Å². The first kappa shape index (κ1) is 11.1. The van der Waals surface area contributed by atoms with Gasteiger partial charge in [-0.1, -0.05) is 18.2 Å². The molecule has 7 nitrogen and oxygen atoms in total. The van der Waals surface area contributed by atoms with Crippen molar-refractivity contribution in [2.75, 3.05) is 0 Å². The van der Waals surface area contributed by atoms with Crippen molar-refractivity contribution in [2.24, 2.45) is 0 Å². The van der Waals surface area contributed by atoms with Crippen LogP contribution in [-0.2, 0) is 0 Å². The van der Waals surface area contributed by atoms with E-state index in [1.165, 1.54) is 11.0 Å². The van der Waals surface area contributed by atoms with Gasteiger partial charge in [0.25, 0.3) is 5.56 Å². The smallest absolute Gasteiger partial charge is 0.275 e. The van der Waals surface area contributed by atoms with Crippen LogP contribution in [-0.4, -0.2) is 30.1 Å². The maximum atomic E-state index is 11.9. The van der Waals surface area contributed by atoms with E-state index in [-0.39, 0.29) is 11.4 Å². The van der Waals surface area contributed by atoms with Crippen molar-refractivity contribution in [2.45, 2.75) is 0 Å². The number of nitrogens with zero attached hydrogens (tertiary/aromatic N) is 4. The zero-order valence-electron chi connectivity index (χ0n) is 9.69. The molecule has 2 heterocycles. The quantitative estimate of drug-likeness (QED) is 0.703. The first-order valence-corrected chi connectivity index (χ1v) is 5.50. The highest BCUT2D eigenvalue weighted by molar-refractivity contribution is 5.57. The van der Waals surface area contributed by atoms with Gasteiger partial charge in [0, 0.05) is 6.07 Å². The Balaban J connectivity index is 2.22. The van der Waals surface area contributed by atoms with Crippen molar-refractivity contribution in [3.05, 3.63) is 53.1 Å². The Morgan fingerprint density at radius 2 is 2.00 bits per heavy atom. The number of aromatic amines is 1. The Labute approximate surface area is 107 Å². The second-order valence-corrected chi connectivity index (χ2v) is 3.80. The van der Waals surface area contributed by atoms with Gasteiger partial charge in [0.2, 0.25) is 0 Å². The van der Waals surface area contributed by atoms with E-state index in [0.29, 0.717) is 11.5 Å². The molecule has 0 aliphatic heterocycles. The number of H-pyrrole nitrogens is 1. The lowest BCUT2D eigenvalue weighted by Gasteiger charge is -2.06. The molecule has 2 aromatic heterocycles. The average Bonchev–Trinajstić information content (AvgIpc) is 2.94. The maximum absolute atomic E-state index is 11.9. The lowest BCUT2D eigenvalue weighted by atomic mass is 10.3. The minimum absolute atomic E-state index is 0.168. The number of benzene rings is 1. The highest BCUT2D eigenvalue weighted by Gasteiger charge is 2.13. The maximum Gasteiger partial charge on any atom is 0.275 e. The van der Waals surface area contributed by atoms with Crippen LogP contribution in [0.4, 0.5) is 0 Å². The molecular weight excluding hydrogens is 246 g/mol. The van der Waals surface area contributed by atoms with E-state index < -0.39 is 5.56 Å². The number of nitrogens with one attached hydrogen (secondary N) is 1. The second-order valence-electron chi connectivity index (χ2n) is 3.80. The zero-order valence-corrected chi connectivity index (χ0v) is 9.69. The third kappa shape index (κ3) is 1.97. The second kappa shape index (κ2) is 4.37. The SMILES string of the molecule is O=c1cc(O)c(-c2ncn[nH]2)nn1-c1ccccc1. The fourth-order valence-electron chi connectivity index (χ4n) is 1.69. The monoisotopic (exact) mass is 255 g/mol. The Hall–Kier alpha value is -2.96. The molecule has 0 amide bonds. The summed E-state index contributed by atoms with van der Waals surface area (Å²) in [5, 5.41) is 20.2. The molecule has 0 saturated heterocycles. The van der Waals surface area contributed by atoms with E-state index in [9.17, 15) is 9.90 Å². The van der Waals surface area contributed by atoms with Gasteiger partial charge in [-0.15, -0.1) is 0 Å². The van der Waals surface area contributed by atoms with Crippen LogP contribution in [0.2, 0.25) is 0 Å². The highest BCUT2D eigenvalue weighted by Crippen LogP contribution is 2.21. The first-order valence-electron chi connectivity index (χ1n) is 5.50. The predicted octanol–water partition coefficient (Wildman–Crippen LogP) is 0.723. The molecule has 3 rings (SSSR count). The standard InChI is InChI=1S/C12H9N5O2/c18-9-6-10(19)17(8-4-2-1-3-5-8)16-11(9)12-13-7-14-15-12/h1-7,18H,(H,13,14,15). The van der Waals surface area contributed by atoms with Gasteiger partial charge in [-0.05, 0) is 12.1 Å². The fraction of sp³-hybridized carbons (Fsp3) is 0. The number of hydrogen-bond donors (Lipinski definition) is 2. The molecule has 0 bridgehead atoms. The molecule has 94 valence electrons. The summed E-state index contributed by atoms with van der Waals surface area (Å²) in [5.74, 6) is 0.0520. The van der Waals surface area contributed by atoms with Crippen molar-refractivity contribution < 1.29 is 5.11 Å². The molecule has 0 radical (unpaired) electrons. The van der Waals surface area contributed by atoms with Crippen LogP contribution in [0.15, 0.2) is 47.5 Å². The fourth-order valence-corrected chi connectivity index (χ4v) is 1.69. The minimum atomic E-state index is -0.424. The molecular formula is C12H9N5O2. The third-order valence-electron chi connectivity index (χ3n) is 2.55. The van der Waals surface area contributed by atoms with Gasteiger partial charge in [-0.3, -0.25) is 9.89 Å². The molecule has 0 saturated carbocycles. The molecule has 0 atom stereocenters. The van der Waals surface area contributed by atoms with Gasteiger partial charge < -0.3 is 5.11 Å². The van der Waals surface area contributed by atoms with Crippen LogP contribution in [0.5, 0.6) is 5.75 Å². The van der Waals surface area contributed by atoms with Crippen molar-refractivity contribution in [1.29, 1.82) is 0 Å². The summed E-state index contributed by atoms with van der Waals surface area (Å²) < 4.78 is 1.19. The summed E-state index contributed by atoms with van der Waals surface area (Å²) in [5.41, 5.74) is 0.348. The Bertz CT molecular complexity index is 750. The number of rotatable bonds is 2. The van der Waals surface area contributed by atoms with Crippen molar-refractivity contribution >= 4 is 0 Å². The van der Waals surface area contributed by atoms with Crippen molar-refractivity contribution in [3.8, 4) is 23.0 Å². The summed E-state index contributed by atoms with van der Waals surface area (Å²) in [4.78, 5) is 15.8. The van der Waals surface area contributed by atoms with Gasteiger partial charge >= 0.3 is 0 Å². The van der Waals surface area contributed by atoms with E-state index in [2.05, 4.69) is 20.3 Å². The molecule has 0 aliphatic carbocycles. The van der Waals surface area contributed by atoms with Gasteiger partial charge in [0.15, 0.2) is 17.3 Å². The highest BCUT2D eigenvalue weighted by atomic mass is 16.3. The number of hydrogen-bond acceptors (Lipinski definition) is 5. The molecule has 0 aliphatic rings. The number of aromatic hydroxyl groups is 1. The normalized spacial score (nSPS) is 10.5. The lowest BCUT2D eigenvalue weighted by Crippen LogP contribution is -2.20. The molecule has 2 N–H and O–H groups in total. The largest absolute Gasteiger partial charge is 0.505 e. The molecule has 0 unspecified atom stereocenters. The van der Waals surface area contributed by atoms with Crippen LogP contribution in [0.25, 0.3) is 17.2 Å². The molecule has 0 spiro atoms. The van der Waals surface area contributed by atoms with Gasteiger partial charge in [-0.25, -0.2) is 4.98 Å². The topological polar surface area (TPSA) is 96.7 Å². The van der Waals surface area contributed by atoms with E-state index in [1.54, 1.807) is 24.3 Å². The van der Waals surface area contributed by atoms with Crippen LogP contribution in [0.3, 0.4) is 0 Å². The third-order valence-corrected chi connectivity index (χ3v) is 2.55. The summed E-state index contributed by atoms with van der Waals surface area (Å²) in [7, 11) is 0. The summed E-state index contributed by atoms with van der Waals surface area (Å²) >= 11 is 0. The lowest BCUT2D eigenvalue weighted by molar-refractivity contribution is 0.469. The van der Waals surface area contributed by atoms with Gasteiger partial charge in [-0.2, -0.15) is 14.9 Å². The van der Waals surface area contributed by atoms with Crippen LogP contribution in [0, 0.1) is 0 Å². The van der Waals surface area contributed by atoms with Gasteiger partial charge in [0.05, 0.1) is 5.69 Å². The Kier molecular flexibility index (Phi) is 2.57. The van der Waals surface area contributed by atoms with Gasteiger partial charge in [0.1, 0.15) is 6.33 Å². The summed E-state index contributed by atoms with van der Waals surface area (Å²) in [6.07, 6.45) is 1.30. The minimum Gasteiger partial charge on any atom is -0.505 e. The molecule has 3 aromatic rings. The molecule has 7 heteroatoms. The molecule has 0 fully saturated rings. The van der Waals surface area contributed by atoms with E-state index >= 15 is 0 Å². The first-order chi connectivity index (χ1) is 9.25. The molecule has 19 heavy (non-hydrogen) atoms. The number of aromatic nitrogens is 5. The van der Waals surface area contributed by atoms with E-state index in [4.69, 9.17) is 0 Å². The summed E-state index contributed by atoms with van der Waals surface area (Å²) in [6.45, 7) is 0. The Morgan fingerprint density at radius 1 is 1.21 bits per heavy atom. The molecule has 1 aromatic carbocycles.